The molecule has 0 spiro atoms. The molecule has 1 heterocycles. The summed E-state index contributed by atoms with van der Waals surface area (Å²) in [6.45, 7) is 8.79. The Morgan fingerprint density at radius 1 is 1.05 bits per heavy atom. The molecule has 0 aliphatic rings. The molecular weight excluding hydrogens is 254 g/mol. The smallest absolute Gasteiger partial charge is 0.196 e. The highest BCUT2D eigenvalue weighted by Crippen LogP contribution is 2.30. The average molecular weight is 275 g/mol. The molecular formula is C16H21NO3. The molecule has 0 aliphatic carbocycles. The van der Waals surface area contributed by atoms with Gasteiger partial charge in [0.1, 0.15) is 11.5 Å². The molecule has 1 aromatic carbocycles. The molecule has 20 heavy (non-hydrogen) atoms. The fourth-order valence-electron chi connectivity index (χ4n) is 2.39. The number of aromatic amines is 1. The standard InChI is InChI=1S/C16H21NO3/c1-5-11-10(4)16(18)14-12(19-6-2)8-9-13(20-7-3)15(14)17-11/h8-9H,5-7H2,1-4H3,(H,17,18). The van der Waals surface area contributed by atoms with Crippen LogP contribution in [0.2, 0.25) is 0 Å². The molecule has 0 radical (unpaired) electrons. The molecule has 0 saturated heterocycles. The van der Waals surface area contributed by atoms with Crippen LogP contribution in [0.1, 0.15) is 32.0 Å². The molecule has 0 aliphatic heterocycles. The average Bonchev–Trinajstić information content (AvgIpc) is 2.45. The third-order valence-corrected chi connectivity index (χ3v) is 3.38. The van der Waals surface area contributed by atoms with Crippen molar-refractivity contribution < 1.29 is 9.47 Å². The first-order valence-electron chi connectivity index (χ1n) is 7.08. The Labute approximate surface area is 118 Å². The van der Waals surface area contributed by atoms with Gasteiger partial charge >= 0.3 is 0 Å². The minimum Gasteiger partial charge on any atom is -0.493 e. The molecule has 0 amide bonds. The van der Waals surface area contributed by atoms with Crippen molar-refractivity contribution in [3.8, 4) is 11.5 Å². The van der Waals surface area contributed by atoms with Crippen molar-refractivity contribution in [2.45, 2.75) is 34.1 Å². The van der Waals surface area contributed by atoms with Crippen molar-refractivity contribution in [3.05, 3.63) is 33.6 Å². The lowest BCUT2D eigenvalue weighted by Gasteiger charge is -2.14. The summed E-state index contributed by atoms with van der Waals surface area (Å²) >= 11 is 0. The van der Waals surface area contributed by atoms with E-state index >= 15 is 0 Å². The van der Waals surface area contributed by atoms with Crippen molar-refractivity contribution >= 4 is 10.9 Å². The highest BCUT2D eigenvalue weighted by Gasteiger charge is 2.15. The second kappa shape index (κ2) is 5.99. The van der Waals surface area contributed by atoms with Gasteiger partial charge in [-0.3, -0.25) is 4.79 Å². The van der Waals surface area contributed by atoms with Crippen molar-refractivity contribution in [1.29, 1.82) is 0 Å². The van der Waals surface area contributed by atoms with Gasteiger partial charge in [-0.2, -0.15) is 0 Å². The van der Waals surface area contributed by atoms with Gasteiger partial charge in [0.2, 0.25) is 0 Å². The number of rotatable bonds is 5. The number of hydrogen-bond donors (Lipinski definition) is 1. The predicted octanol–water partition coefficient (Wildman–Crippen LogP) is 3.20. The minimum atomic E-state index is 0.0144. The normalized spacial score (nSPS) is 10.8. The van der Waals surface area contributed by atoms with Crippen molar-refractivity contribution in [2.24, 2.45) is 0 Å². The van der Waals surface area contributed by atoms with E-state index in [-0.39, 0.29) is 5.43 Å². The third-order valence-electron chi connectivity index (χ3n) is 3.38. The Bertz CT molecular complexity index is 673. The van der Waals surface area contributed by atoms with Gasteiger partial charge in [-0.15, -0.1) is 0 Å². The maximum atomic E-state index is 12.6. The predicted molar refractivity (Wildman–Crippen MR) is 81.0 cm³/mol. The second-order valence-corrected chi connectivity index (χ2v) is 4.59. The van der Waals surface area contributed by atoms with E-state index < -0.39 is 0 Å². The number of ether oxygens (including phenoxy) is 2. The number of benzene rings is 1. The zero-order valence-electron chi connectivity index (χ0n) is 12.5. The number of aryl methyl sites for hydroxylation is 1. The van der Waals surface area contributed by atoms with Crippen LogP contribution in [0.15, 0.2) is 16.9 Å². The van der Waals surface area contributed by atoms with Crippen LogP contribution in [0.3, 0.4) is 0 Å². The summed E-state index contributed by atoms with van der Waals surface area (Å²) in [4.78, 5) is 15.9. The molecule has 0 atom stereocenters. The van der Waals surface area contributed by atoms with E-state index in [1.807, 2.05) is 33.8 Å². The number of fused-ring (bicyclic) bond motifs is 1. The summed E-state index contributed by atoms with van der Waals surface area (Å²) in [6.07, 6.45) is 0.779. The topological polar surface area (TPSA) is 51.3 Å². The number of aromatic nitrogens is 1. The fraction of sp³-hybridized carbons (Fsp3) is 0.438. The summed E-state index contributed by atoms with van der Waals surface area (Å²) in [5.41, 5.74) is 2.43. The van der Waals surface area contributed by atoms with Gasteiger partial charge < -0.3 is 14.5 Å². The molecule has 4 nitrogen and oxygen atoms in total. The first-order chi connectivity index (χ1) is 9.63. The van der Waals surface area contributed by atoms with Crippen molar-refractivity contribution in [1.82, 2.24) is 4.98 Å². The van der Waals surface area contributed by atoms with Crippen LogP contribution in [0.4, 0.5) is 0 Å². The SMILES string of the molecule is CCOc1ccc(OCC)c2c(=O)c(C)c(CC)[nH]c12. The summed E-state index contributed by atoms with van der Waals surface area (Å²) in [5, 5.41) is 0.576. The molecule has 0 bridgehead atoms. The molecule has 0 saturated carbocycles. The lowest BCUT2D eigenvalue weighted by Crippen LogP contribution is -2.13. The Balaban J connectivity index is 2.85. The van der Waals surface area contributed by atoms with Crippen molar-refractivity contribution in [3.63, 3.8) is 0 Å². The van der Waals surface area contributed by atoms with Gasteiger partial charge in [0.15, 0.2) is 5.43 Å². The van der Waals surface area contributed by atoms with E-state index in [9.17, 15) is 4.79 Å². The van der Waals surface area contributed by atoms with Crippen LogP contribution in [0.25, 0.3) is 10.9 Å². The summed E-state index contributed by atoms with van der Waals surface area (Å²) in [7, 11) is 0. The van der Waals surface area contributed by atoms with Gasteiger partial charge in [-0.25, -0.2) is 0 Å². The Morgan fingerprint density at radius 3 is 2.25 bits per heavy atom. The van der Waals surface area contributed by atoms with Gasteiger partial charge in [0.25, 0.3) is 0 Å². The number of hydrogen-bond acceptors (Lipinski definition) is 3. The highest BCUT2D eigenvalue weighted by molar-refractivity contribution is 5.90. The monoisotopic (exact) mass is 275 g/mol. The lowest BCUT2D eigenvalue weighted by atomic mass is 10.1. The van der Waals surface area contributed by atoms with Gasteiger partial charge in [-0.05, 0) is 39.3 Å². The van der Waals surface area contributed by atoms with Crippen molar-refractivity contribution in [2.75, 3.05) is 13.2 Å². The molecule has 1 N–H and O–H groups in total. The van der Waals surface area contributed by atoms with Gasteiger partial charge in [0, 0.05) is 11.3 Å². The molecule has 4 heteroatoms. The van der Waals surface area contributed by atoms with Gasteiger partial charge in [0.05, 0.1) is 24.1 Å². The minimum absolute atomic E-state index is 0.0144. The van der Waals surface area contributed by atoms with E-state index in [1.54, 1.807) is 6.07 Å². The van der Waals surface area contributed by atoms with Crippen LogP contribution < -0.4 is 14.9 Å². The summed E-state index contributed by atoms with van der Waals surface area (Å²) in [6, 6.07) is 3.65. The van der Waals surface area contributed by atoms with E-state index in [0.717, 1.165) is 23.2 Å². The van der Waals surface area contributed by atoms with Crippen LogP contribution in [0.5, 0.6) is 11.5 Å². The Kier molecular flexibility index (Phi) is 4.32. The van der Waals surface area contributed by atoms with E-state index in [4.69, 9.17) is 9.47 Å². The zero-order valence-corrected chi connectivity index (χ0v) is 12.5. The maximum Gasteiger partial charge on any atom is 0.196 e. The quantitative estimate of drug-likeness (QED) is 0.911. The third kappa shape index (κ3) is 2.38. The van der Waals surface area contributed by atoms with E-state index in [0.29, 0.717) is 30.1 Å². The zero-order chi connectivity index (χ0) is 14.7. The van der Waals surface area contributed by atoms with Crippen LogP contribution in [0, 0.1) is 6.92 Å². The number of pyridine rings is 1. The van der Waals surface area contributed by atoms with E-state index in [1.165, 1.54) is 0 Å². The molecule has 2 aromatic rings. The number of H-pyrrole nitrogens is 1. The number of nitrogens with one attached hydrogen (secondary N) is 1. The van der Waals surface area contributed by atoms with Crippen LogP contribution >= 0.6 is 0 Å². The van der Waals surface area contributed by atoms with Gasteiger partial charge in [-0.1, -0.05) is 6.92 Å². The maximum absolute atomic E-state index is 12.6. The molecule has 108 valence electrons. The summed E-state index contributed by atoms with van der Waals surface area (Å²) in [5.74, 6) is 1.30. The first kappa shape index (κ1) is 14.4. The highest BCUT2D eigenvalue weighted by atomic mass is 16.5. The van der Waals surface area contributed by atoms with E-state index in [2.05, 4.69) is 4.98 Å². The molecule has 1 aromatic heterocycles. The Morgan fingerprint density at radius 2 is 1.65 bits per heavy atom. The van der Waals surface area contributed by atoms with Crippen LogP contribution in [-0.4, -0.2) is 18.2 Å². The lowest BCUT2D eigenvalue weighted by molar-refractivity contribution is 0.336. The van der Waals surface area contributed by atoms with Crippen LogP contribution in [-0.2, 0) is 6.42 Å². The fourth-order valence-corrected chi connectivity index (χ4v) is 2.39. The molecule has 0 unspecified atom stereocenters. The largest absolute Gasteiger partial charge is 0.493 e. The summed E-state index contributed by atoms with van der Waals surface area (Å²) < 4.78 is 11.2. The second-order valence-electron chi connectivity index (χ2n) is 4.59. The molecule has 2 rings (SSSR count). The Hall–Kier alpha value is -1.97. The first-order valence-corrected chi connectivity index (χ1v) is 7.08. The molecule has 0 fully saturated rings.